The highest BCUT2D eigenvalue weighted by atomic mass is 16.3. The summed E-state index contributed by atoms with van der Waals surface area (Å²) < 4.78 is 6.87. The standard InChI is InChI=1S/C55H45NO/c1-55(39-22-6-3-7-23-39)48-32-11-8-25-42(48)43-29-16-24-40(36-49(43)55)56(51-34-17-31-47-45-27-10-13-35-52(45)57-54(47)51)50-33-12-9-26-44(50)46-30-15-21-38-20-14-28-41(53(38)46)37-18-4-2-5-19-37/h3,6-15,17,20-37H,2,4-5,16,18-19H2,1H3. The van der Waals surface area contributed by atoms with E-state index in [0.29, 0.717) is 5.92 Å². The summed E-state index contributed by atoms with van der Waals surface area (Å²) in [6, 6.07) is 58.1. The maximum atomic E-state index is 6.87. The van der Waals surface area contributed by atoms with Crippen molar-refractivity contribution in [2.24, 2.45) is 0 Å². The lowest BCUT2D eigenvalue weighted by atomic mass is 9.74. The van der Waals surface area contributed by atoms with Crippen LogP contribution in [0.2, 0.25) is 0 Å². The van der Waals surface area contributed by atoms with Crippen molar-refractivity contribution in [3.05, 3.63) is 209 Å². The van der Waals surface area contributed by atoms with Crippen LogP contribution >= 0.6 is 0 Å². The van der Waals surface area contributed by atoms with Crippen molar-refractivity contribution < 1.29 is 4.42 Å². The van der Waals surface area contributed by atoms with Gasteiger partial charge in [0, 0.05) is 27.4 Å². The minimum atomic E-state index is -0.339. The number of para-hydroxylation sites is 3. The first-order chi connectivity index (χ1) is 28.2. The van der Waals surface area contributed by atoms with Gasteiger partial charge in [-0.15, -0.1) is 0 Å². The zero-order valence-corrected chi connectivity index (χ0v) is 32.4. The summed E-state index contributed by atoms with van der Waals surface area (Å²) >= 11 is 0. The van der Waals surface area contributed by atoms with Crippen LogP contribution in [0.4, 0.5) is 11.4 Å². The average molecular weight is 736 g/mol. The largest absolute Gasteiger partial charge is 0.454 e. The van der Waals surface area contributed by atoms with Crippen LogP contribution in [0.5, 0.6) is 0 Å². The summed E-state index contributed by atoms with van der Waals surface area (Å²) in [5.41, 5.74) is 15.4. The highest BCUT2D eigenvalue weighted by Gasteiger charge is 2.43. The van der Waals surface area contributed by atoms with Gasteiger partial charge in [-0.2, -0.15) is 0 Å². The smallest absolute Gasteiger partial charge is 0.159 e. The number of furan rings is 1. The van der Waals surface area contributed by atoms with E-state index in [9.17, 15) is 0 Å². The molecule has 0 N–H and O–H groups in total. The molecular formula is C55H45NO. The van der Waals surface area contributed by atoms with Gasteiger partial charge in [0.05, 0.1) is 11.4 Å². The Bertz CT molecular complexity index is 2930. The molecule has 0 aliphatic heterocycles. The number of hydrogen-bond donors (Lipinski definition) is 0. The van der Waals surface area contributed by atoms with E-state index in [4.69, 9.17) is 4.42 Å². The van der Waals surface area contributed by atoms with Gasteiger partial charge in [-0.25, -0.2) is 0 Å². The molecule has 1 saturated carbocycles. The quantitative estimate of drug-likeness (QED) is 0.169. The number of rotatable bonds is 6. The van der Waals surface area contributed by atoms with E-state index in [1.807, 2.05) is 0 Å². The lowest BCUT2D eigenvalue weighted by Crippen LogP contribution is -2.24. The van der Waals surface area contributed by atoms with Gasteiger partial charge in [0.1, 0.15) is 5.58 Å². The molecule has 57 heavy (non-hydrogen) atoms. The maximum absolute atomic E-state index is 6.87. The Morgan fingerprint density at radius 2 is 1.26 bits per heavy atom. The molecular weight excluding hydrogens is 691 g/mol. The molecule has 1 atom stereocenters. The fourth-order valence-corrected chi connectivity index (χ4v) is 10.5. The van der Waals surface area contributed by atoms with Crippen molar-refractivity contribution >= 4 is 49.7 Å². The predicted octanol–water partition coefficient (Wildman–Crippen LogP) is 15.2. The van der Waals surface area contributed by atoms with Gasteiger partial charge in [0.2, 0.25) is 0 Å². The Hall–Kier alpha value is -6.38. The van der Waals surface area contributed by atoms with E-state index >= 15 is 0 Å². The van der Waals surface area contributed by atoms with E-state index in [2.05, 4.69) is 188 Å². The normalized spacial score (nSPS) is 18.2. The summed E-state index contributed by atoms with van der Waals surface area (Å²) in [6.45, 7) is 2.41. The Morgan fingerprint density at radius 1 is 0.579 bits per heavy atom. The third-order valence-electron chi connectivity index (χ3n) is 13.2. The van der Waals surface area contributed by atoms with Crippen LogP contribution in [0.1, 0.15) is 73.6 Å². The van der Waals surface area contributed by atoms with Gasteiger partial charge >= 0.3 is 0 Å². The predicted molar refractivity (Wildman–Crippen MR) is 239 cm³/mol. The molecule has 1 unspecified atom stereocenters. The molecule has 3 aliphatic carbocycles. The fraction of sp³-hybridized carbons (Fsp3) is 0.164. The lowest BCUT2D eigenvalue weighted by molar-refractivity contribution is 0.445. The molecule has 1 heterocycles. The van der Waals surface area contributed by atoms with Crippen LogP contribution in [0.3, 0.4) is 0 Å². The van der Waals surface area contributed by atoms with Crippen LogP contribution in [-0.4, -0.2) is 0 Å². The van der Waals surface area contributed by atoms with Gasteiger partial charge in [0.25, 0.3) is 0 Å². The molecule has 2 heteroatoms. The first-order valence-electron chi connectivity index (χ1n) is 20.8. The van der Waals surface area contributed by atoms with Crippen LogP contribution in [0.15, 0.2) is 192 Å². The number of anilines is 2. The first-order valence-corrected chi connectivity index (χ1v) is 20.8. The molecule has 0 amide bonds. The van der Waals surface area contributed by atoms with Gasteiger partial charge in [-0.05, 0) is 106 Å². The molecule has 0 radical (unpaired) electrons. The second kappa shape index (κ2) is 13.7. The number of hydrogen-bond acceptors (Lipinski definition) is 2. The van der Waals surface area contributed by atoms with Crippen LogP contribution < -0.4 is 4.90 Å². The molecule has 0 saturated heterocycles. The Labute approximate surface area is 335 Å². The average Bonchev–Trinajstić information content (AvgIpc) is 3.67. The van der Waals surface area contributed by atoms with Crippen LogP contribution in [0.25, 0.3) is 49.4 Å². The van der Waals surface area contributed by atoms with E-state index in [-0.39, 0.29) is 5.41 Å². The topological polar surface area (TPSA) is 16.4 Å². The summed E-state index contributed by atoms with van der Waals surface area (Å²) in [4.78, 5) is 2.50. The van der Waals surface area contributed by atoms with Gasteiger partial charge < -0.3 is 9.32 Å². The monoisotopic (exact) mass is 735 g/mol. The van der Waals surface area contributed by atoms with E-state index < -0.39 is 0 Å². The van der Waals surface area contributed by atoms with Crippen molar-refractivity contribution in [3.63, 3.8) is 0 Å². The van der Waals surface area contributed by atoms with E-state index in [0.717, 1.165) is 45.4 Å². The molecule has 1 fully saturated rings. The summed E-state index contributed by atoms with van der Waals surface area (Å²) in [5.74, 6) is 0.578. The zero-order valence-electron chi connectivity index (χ0n) is 32.4. The molecule has 2 nitrogen and oxygen atoms in total. The minimum absolute atomic E-state index is 0.339. The third-order valence-corrected chi connectivity index (χ3v) is 13.2. The van der Waals surface area contributed by atoms with E-state index in [1.54, 1.807) is 0 Å². The Balaban J connectivity index is 1.18. The van der Waals surface area contributed by atoms with Gasteiger partial charge in [-0.1, -0.05) is 171 Å². The van der Waals surface area contributed by atoms with Gasteiger partial charge in [0.15, 0.2) is 5.58 Å². The van der Waals surface area contributed by atoms with Crippen molar-refractivity contribution in [1.29, 1.82) is 0 Å². The van der Waals surface area contributed by atoms with Crippen molar-refractivity contribution in [2.75, 3.05) is 4.90 Å². The molecule has 1 aromatic heterocycles. The number of fused-ring (bicyclic) bond motifs is 7. The summed E-state index contributed by atoms with van der Waals surface area (Å²) in [7, 11) is 0. The van der Waals surface area contributed by atoms with Crippen molar-refractivity contribution in [3.8, 4) is 11.1 Å². The molecule has 276 valence electrons. The lowest BCUT2D eigenvalue weighted by Gasteiger charge is -2.32. The summed E-state index contributed by atoms with van der Waals surface area (Å²) in [5, 5.41) is 4.96. The van der Waals surface area contributed by atoms with Crippen molar-refractivity contribution in [2.45, 2.75) is 56.8 Å². The molecule has 3 aliphatic rings. The molecule has 7 aromatic carbocycles. The number of allylic oxidation sites excluding steroid dienone is 5. The Kier molecular flexibility index (Phi) is 8.14. The second-order valence-electron chi connectivity index (χ2n) is 16.3. The summed E-state index contributed by atoms with van der Waals surface area (Å²) in [6.07, 6.45) is 14.6. The van der Waals surface area contributed by atoms with E-state index in [1.165, 1.54) is 87.4 Å². The van der Waals surface area contributed by atoms with Gasteiger partial charge in [-0.3, -0.25) is 0 Å². The minimum Gasteiger partial charge on any atom is -0.454 e. The molecule has 11 rings (SSSR count). The van der Waals surface area contributed by atoms with Crippen molar-refractivity contribution in [1.82, 2.24) is 0 Å². The second-order valence-corrected chi connectivity index (χ2v) is 16.3. The number of benzene rings is 7. The highest BCUT2D eigenvalue weighted by molar-refractivity contribution is 6.11. The third kappa shape index (κ3) is 5.38. The van der Waals surface area contributed by atoms with Crippen LogP contribution in [-0.2, 0) is 5.41 Å². The van der Waals surface area contributed by atoms with Crippen LogP contribution in [0, 0.1) is 0 Å². The SMILES string of the molecule is CC1(c2ccccc2)C2=CC(N(c3ccccc3-c3cccc4cccc(C5CCCCC5)c34)c3cccc4c3oc3ccccc34)=CCC=C2c2ccccc21. The first kappa shape index (κ1) is 33.9. The molecule has 0 spiro atoms. The molecule has 0 bridgehead atoms. The number of nitrogens with zero attached hydrogens (tertiary/aromatic N) is 1. The molecule has 8 aromatic rings. The fourth-order valence-electron chi connectivity index (χ4n) is 10.5. The highest BCUT2D eigenvalue weighted by Crippen LogP contribution is 2.55. The zero-order chi connectivity index (χ0) is 37.9. The maximum Gasteiger partial charge on any atom is 0.159 e. The Morgan fingerprint density at radius 3 is 2.14 bits per heavy atom.